The number of aromatic nitrogens is 2. The van der Waals surface area contributed by atoms with Crippen LogP contribution in [-0.4, -0.2) is 21.9 Å². The molecule has 7 heteroatoms. The minimum absolute atomic E-state index is 0. The third-order valence-electron chi connectivity index (χ3n) is 4.13. The van der Waals surface area contributed by atoms with Gasteiger partial charge in [-0.05, 0) is 30.5 Å². The summed E-state index contributed by atoms with van der Waals surface area (Å²) in [5, 5.41) is 2.89. The lowest BCUT2D eigenvalue weighted by atomic mass is 9.99. The van der Waals surface area contributed by atoms with Gasteiger partial charge < -0.3 is 16.0 Å². The van der Waals surface area contributed by atoms with Crippen molar-refractivity contribution in [3.05, 3.63) is 24.0 Å². The lowest BCUT2D eigenvalue weighted by molar-refractivity contribution is -0.118. The van der Waals surface area contributed by atoms with E-state index in [0.29, 0.717) is 0 Å². The quantitative estimate of drug-likeness (QED) is 0.682. The number of nitrogens with one attached hydrogen (secondary N) is 2. The highest BCUT2D eigenvalue weighted by Crippen LogP contribution is 2.19. The van der Waals surface area contributed by atoms with Crippen molar-refractivity contribution in [2.24, 2.45) is 11.7 Å². The van der Waals surface area contributed by atoms with Crippen molar-refractivity contribution >= 4 is 47.4 Å². The van der Waals surface area contributed by atoms with Crippen LogP contribution in [0.3, 0.4) is 0 Å². The van der Waals surface area contributed by atoms with E-state index in [0.717, 1.165) is 48.2 Å². The standard InChI is InChI=1S/C17H26N4O.2ClH/c1-4-6-7-15-20-13-9-8-12(10-14(13)21-15)19-17(22)16(18)11(3)5-2;;/h8-11,16H,4-7,18H2,1-3H3,(H,19,22)(H,20,21);2*1H. The normalized spacial score (nSPS) is 12.8. The Morgan fingerprint density at radius 1 is 1.33 bits per heavy atom. The van der Waals surface area contributed by atoms with E-state index in [1.807, 2.05) is 32.0 Å². The van der Waals surface area contributed by atoms with Gasteiger partial charge >= 0.3 is 0 Å². The largest absolute Gasteiger partial charge is 0.342 e. The summed E-state index contributed by atoms with van der Waals surface area (Å²) in [6.07, 6.45) is 4.10. The molecule has 0 bridgehead atoms. The number of carbonyl (C=O) groups is 1. The molecule has 0 spiro atoms. The van der Waals surface area contributed by atoms with E-state index in [4.69, 9.17) is 5.73 Å². The fourth-order valence-electron chi connectivity index (χ4n) is 2.34. The molecule has 2 aromatic rings. The molecule has 0 aliphatic rings. The number of amides is 1. The molecule has 0 fully saturated rings. The zero-order valence-corrected chi connectivity index (χ0v) is 16.1. The maximum absolute atomic E-state index is 12.1. The van der Waals surface area contributed by atoms with Crippen molar-refractivity contribution in [1.29, 1.82) is 0 Å². The molecule has 0 saturated heterocycles. The number of imidazole rings is 1. The zero-order valence-electron chi connectivity index (χ0n) is 14.5. The fraction of sp³-hybridized carbons (Fsp3) is 0.529. The number of halogens is 2. The average molecular weight is 375 g/mol. The van der Waals surface area contributed by atoms with Gasteiger partial charge in [0, 0.05) is 12.1 Å². The van der Waals surface area contributed by atoms with Crippen LogP contribution in [-0.2, 0) is 11.2 Å². The minimum Gasteiger partial charge on any atom is -0.342 e. The second-order valence-corrected chi connectivity index (χ2v) is 5.92. The first-order chi connectivity index (χ1) is 10.5. The van der Waals surface area contributed by atoms with Crippen LogP contribution in [0, 0.1) is 5.92 Å². The molecule has 0 aliphatic carbocycles. The van der Waals surface area contributed by atoms with Crippen molar-refractivity contribution in [1.82, 2.24) is 9.97 Å². The van der Waals surface area contributed by atoms with Crippen LogP contribution in [0.15, 0.2) is 18.2 Å². The van der Waals surface area contributed by atoms with E-state index in [2.05, 4.69) is 22.2 Å². The van der Waals surface area contributed by atoms with Crippen molar-refractivity contribution in [3.8, 4) is 0 Å². The predicted octanol–water partition coefficient (Wildman–Crippen LogP) is 4.06. The van der Waals surface area contributed by atoms with E-state index in [1.54, 1.807) is 0 Å². The molecule has 2 unspecified atom stereocenters. The molecule has 0 saturated carbocycles. The Morgan fingerprint density at radius 3 is 2.67 bits per heavy atom. The number of carbonyl (C=O) groups excluding carboxylic acids is 1. The van der Waals surface area contributed by atoms with Gasteiger partial charge in [-0.15, -0.1) is 24.8 Å². The number of benzene rings is 1. The van der Waals surface area contributed by atoms with Gasteiger partial charge in [0.1, 0.15) is 5.82 Å². The van der Waals surface area contributed by atoms with Gasteiger partial charge in [-0.2, -0.15) is 0 Å². The van der Waals surface area contributed by atoms with Crippen LogP contribution < -0.4 is 11.1 Å². The molecule has 2 rings (SSSR count). The number of unbranched alkanes of at least 4 members (excludes halogenated alkanes) is 1. The van der Waals surface area contributed by atoms with Crippen LogP contribution >= 0.6 is 24.8 Å². The van der Waals surface area contributed by atoms with Crippen LogP contribution in [0.1, 0.15) is 45.9 Å². The van der Waals surface area contributed by atoms with E-state index < -0.39 is 6.04 Å². The molecular formula is C17H28Cl2N4O. The summed E-state index contributed by atoms with van der Waals surface area (Å²) in [7, 11) is 0. The molecule has 136 valence electrons. The molecule has 0 radical (unpaired) electrons. The Hall–Kier alpha value is -1.30. The summed E-state index contributed by atoms with van der Waals surface area (Å²) in [5.41, 5.74) is 8.58. The van der Waals surface area contributed by atoms with Crippen LogP contribution in [0.4, 0.5) is 5.69 Å². The van der Waals surface area contributed by atoms with E-state index in [-0.39, 0.29) is 36.6 Å². The van der Waals surface area contributed by atoms with Crippen LogP contribution in [0.2, 0.25) is 0 Å². The number of fused-ring (bicyclic) bond motifs is 1. The lowest BCUT2D eigenvalue weighted by Crippen LogP contribution is -2.40. The zero-order chi connectivity index (χ0) is 16.1. The van der Waals surface area contributed by atoms with Gasteiger partial charge in [0.05, 0.1) is 17.1 Å². The van der Waals surface area contributed by atoms with E-state index >= 15 is 0 Å². The predicted molar refractivity (Wildman–Crippen MR) is 105 cm³/mol. The molecule has 1 aromatic heterocycles. The number of aromatic amines is 1. The highest BCUT2D eigenvalue weighted by atomic mass is 35.5. The summed E-state index contributed by atoms with van der Waals surface area (Å²) >= 11 is 0. The number of anilines is 1. The number of rotatable bonds is 7. The Kier molecular flexibility index (Phi) is 9.97. The first-order valence-electron chi connectivity index (χ1n) is 8.10. The molecule has 1 amide bonds. The van der Waals surface area contributed by atoms with E-state index in [1.165, 1.54) is 0 Å². The molecule has 1 heterocycles. The Bertz CT molecular complexity index is 645. The van der Waals surface area contributed by atoms with Gasteiger partial charge in [-0.3, -0.25) is 4.79 Å². The monoisotopic (exact) mass is 374 g/mol. The van der Waals surface area contributed by atoms with Crippen molar-refractivity contribution in [2.75, 3.05) is 5.32 Å². The van der Waals surface area contributed by atoms with E-state index in [9.17, 15) is 4.79 Å². The number of H-pyrrole nitrogens is 1. The molecule has 5 nitrogen and oxygen atoms in total. The highest BCUT2D eigenvalue weighted by molar-refractivity contribution is 5.96. The van der Waals surface area contributed by atoms with Gasteiger partial charge in [0.2, 0.25) is 5.91 Å². The Balaban J connectivity index is 0.00000264. The van der Waals surface area contributed by atoms with Gasteiger partial charge in [0.15, 0.2) is 0 Å². The number of hydrogen-bond acceptors (Lipinski definition) is 3. The first-order valence-corrected chi connectivity index (χ1v) is 8.10. The van der Waals surface area contributed by atoms with Gasteiger partial charge in [-0.1, -0.05) is 33.6 Å². The maximum Gasteiger partial charge on any atom is 0.241 e. The summed E-state index contributed by atoms with van der Waals surface area (Å²) in [4.78, 5) is 20.0. The molecular weight excluding hydrogens is 347 g/mol. The Labute approximate surface area is 156 Å². The van der Waals surface area contributed by atoms with Crippen LogP contribution in [0.5, 0.6) is 0 Å². The topological polar surface area (TPSA) is 83.8 Å². The summed E-state index contributed by atoms with van der Waals surface area (Å²) in [5.74, 6) is 1.02. The fourth-order valence-corrected chi connectivity index (χ4v) is 2.34. The molecule has 24 heavy (non-hydrogen) atoms. The molecule has 1 aromatic carbocycles. The van der Waals surface area contributed by atoms with Crippen molar-refractivity contribution < 1.29 is 4.79 Å². The first kappa shape index (κ1) is 22.7. The highest BCUT2D eigenvalue weighted by Gasteiger charge is 2.19. The van der Waals surface area contributed by atoms with Gasteiger partial charge in [0.25, 0.3) is 0 Å². The lowest BCUT2D eigenvalue weighted by Gasteiger charge is -2.17. The second-order valence-electron chi connectivity index (χ2n) is 5.92. The maximum atomic E-state index is 12.1. The molecule has 2 atom stereocenters. The molecule has 4 N–H and O–H groups in total. The van der Waals surface area contributed by atoms with Crippen LogP contribution in [0.25, 0.3) is 11.0 Å². The summed E-state index contributed by atoms with van der Waals surface area (Å²) in [6.45, 7) is 6.19. The summed E-state index contributed by atoms with van der Waals surface area (Å²) < 4.78 is 0. The summed E-state index contributed by atoms with van der Waals surface area (Å²) in [6, 6.07) is 5.22. The van der Waals surface area contributed by atoms with Crippen molar-refractivity contribution in [3.63, 3.8) is 0 Å². The number of nitrogens with two attached hydrogens (primary N) is 1. The number of hydrogen-bond donors (Lipinski definition) is 3. The second kappa shape index (κ2) is 10.5. The Morgan fingerprint density at radius 2 is 2.04 bits per heavy atom. The van der Waals surface area contributed by atoms with Crippen molar-refractivity contribution in [2.45, 2.75) is 52.5 Å². The minimum atomic E-state index is -0.484. The smallest absolute Gasteiger partial charge is 0.241 e. The third kappa shape index (κ3) is 5.65. The third-order valence-corrected chi connectivity index (χ3v) is 4.13. The molecule has 0 aliphatic heterocycles. The number of aryl methyl sites for hydroxylation is 1. The average Bonchev–Trinajstić information content (AvgIpc) is 2.93. The van der Waals surface area contributed by atoms with Gasteiger partial charge in [-0.25, -0.2) is 4.98 Å². The SMILES string of the molecule is CCCCc1nc2ccc(NC(=O)C(N)C(C)CC)cc2[nH]1.Cl.Cl. The number of nitrogens with zero attached hydrogens (tertiary/aromatic N) is 1.